The van der Waals surface area contributed by atoms with Crippen LogP contribution in [0.4, 0.5) is 5.69 Å². The van der Waals surface area contributed by atoms with E-state index in [0.29, 0.717) is 19.6 Å². The van der Waals surface area contributed by atoms with Crippen LogP contribution in [0.3, 0.4) is 0 Å². The molecule has 2 aromatic carbocycles. The van der Waals surface area contributed by atoms with E-state index in [1.54, 1.807) is 0 Å². The third-order valence-electron chi connectivity index (χ3n) is 6.79. The first kappa shape index (κ1) is 23.8. The molecule has 0 spiro atoms. The summed E-state index contributed by atoms with van der Waals surface area (Å²) >= 11 is 0. The Morgan fingerprint density at radius 2 is 1.67 bits per heavy atom. The van der Waals surface area contributed by atoms with Crippen molar-refractivity contribution in [3.05, 3.63) is 53.6 Å². The highest BCUT2D eigenvalue weighted by Crippen LogP contribution is 2.36. The molecule has 2 aliphatic rings. The molecule has 0 N–H and O–H groups in total. The zero-order valence-electron chi connectivity index (χ0n) is 21.0. The van der Waals surface area contributed by atoms with Gasteiger partial charge in [-0.25, -0.2) is 0 Å². The minimum atomic E-state index is -0.392. The third-order valence-corrected chi connectivity index (χ3v) is 6.79. The highest BCUT2D eigenvalue weighted by molar-refractivity contribution is 6.62. The van der Waals surface area contributed by atoms with Crippen molar-refractivity contribution < 1.29 is 18.8 Å². The van der Waals surface area contributed by atoms with Gasteiger partial charge in [-0.15, -0.1) is 0 Å². The number of hydrogen-bond acceptors (Lipinski definition) is 4. The van der Waals surface area contributed by atoms with Crippen molar-refractivity contribution in [1.29, 1.82) is 0 Å². The molecule has 6 heteroatoms. The van der Waals surface area contributed by atoms with E-state index in [9.17, 15) is 4.79 Å². The van der Waals surface area contributed by atoms with Gasteiger partial charge in [0, 0.05) is 12.6 Å². The van der Waals surface area contributed by atoms with Gasteiger partial charge in [0.15, 0.2) is 0 Å². The predicted molar refractivity (Wildman–Crippen MR) is 133 cm³/mol. The van der Waals surface area contributed by atoms with Gasteiger partial charge in [0.1, 0.15) is 5.75 Å². The molecule has 33 heavy (non-hydrogen) atoms. The fraction of sp³-hybridized carbons (Fsp3) is 0.519. The van der Waals surface area contributed by atoms with Crippen LogP contribution in [0.5, 0.6) is 5.75 Å². The van der Waals surface area contributed by atoms with Crippen LogP contribution in [0.15, 0.2) is 42.5 Å². The summed E-state index contributed by atoms with van der Waals surface area (Å²) in [6, 6.07) is 14.1. The van der Waals surface area contributed by atoms with Crippen molar-refractivity contribution in [2.24, 2.45) is 5.41 Å². The zero-order valence-corrected chi connectivity index (χ0v) is 21.0. The standard InChI is InChI=1S/C27H36BNO4/c1-25(2,3)18-31-22-13-10-20-14-15-29(23(20)17-22)24(30)16-19-8-11-21(12-9-19)28-32-26(4,5)27(6,7)33-28/h8-13,17H,14-16,18H2,1-7H3. The van der Waals surface area contributed by atoms with E-state index in [2.05, 4.69) is 26.8 Å². The Balaban J connectivity index is 1.42. The molecule has 1 saturated heterocycles. The molecule has 2 aliphatic heterocycles. The van der Waals surface area contributed by atoms with Crippen molar-refractivity contribution in [1.82, 2.24) is 0 Å². The Morgan fingerprint density at radius 3 is 2.27 bits per heavy atom. The number of ether oxygens (including phenoxy) is 1. The molecule has 1 amide bonds. The van der Waals surface area contributed by atoms with Crippen LogP contribution in [-0.4, -0.2) is 37.4 Å². The van der Waals surface area contributed by atoms with Crippen molar-refractivity contribution in [2.45, 2.75) is 72.5 Å². The van der Waals surface area contributed by atoms with E-state index in [-0.39, 0.29) is 22.5 Å². The largest absolute Gasteiger partial charge is 0.494 e. The van der Waals surface area contributed by atoms with Crippen LogP contribution >= 0.6 is 0 Å². The van der Waals surface area contributed by atoms with Gasteiger partial charge in [-0.1, -0.05) is 51.1 Å². The maximum absolute atomic E-state index is 13.2. The van der Waals surface area contributed by atoms with E-state index in [4.69, 9.17) is 14.0 Å². The van der Waals surface area contributed by atoms with E-state index < -0.39 is 7.12 Å². The summed E-state index contributed by atoms with van der Waals surface area (Å²) in [4.78, 5) is 15.0. The second-order valence-corrected chi connectivity index (χ2v) is 11.4. The van der Waals surface area contributed by atoms with Gasteiger partial charge in [0.05, 0.1) is 29.9 Å². The second kappa shape index (κ2) is 8.48. The van der Waals surface area contributed by atoms with E-state index >= 15 is 0 Å². The molecule has 2 aromatic rings. The molecule has 0 aromatic heterocycles. The molecule has 0 atom stereocenters. The molecular weight excluding hydrogens is 413 g/mol. The summed E-state index contributed by atoms with van der Waals surface area (Å²) in [5.41, 5.74) is 3.46. The Morgan fingerprint density at radius 1 is 1.03 bits per heavy atom. The van der Waals surface area contributed by atoms with E-state index in [1.165, 1.54) is 5.56 Å². The highest BCUT2D eigenvalue weighted by atomic mass is 16.7. The first-order valence-electron chi connectivity index (χ1n) is 11.9. The first-order chi connectivity index (χ1) is 15.3. The Hall–Kier alpha value is -2.31. The second-order valence-electron chi connectivity index (χ2n) is 11.4. The molecule has 176 valence electrons. The molecule has 0 bridgehead atoms. The third kappa shape index (κ3) is 5.12. The molecule has 0 unspecified atom stereocenters. The maximum atomic E-state index is 13.2. The minimum absolute atomic E-state index is 0.0841. The van der Waals surface area contributed by atoms with Gasteiger partial charge in [0.25, 0.3) is 0 Å². The zero-order chi connectivity index (χ0) is 24.0. The minimum Gasteiger partial charge on any atom is -0.493 e. The Kier molecular flexibility index (Phi) is 6.13. The first-order valence-corrected chi connectivity index (χ1v) is 11.9. The van der Waals surface area contributed by atoms with Crippen molar-refractivity contribution in [3.63, 3.8) is 0 Å². The number of benzene rings is 2. The molecule has 1 fully saturated rings. The molecule has 4 rings (SSSR count). The Bertz CT molecular complexity index is 1010. The average molecular weight is 449 g/mol. The van der Waals surface area contributed by atoms with Gasteiger partial charge in [0.2, 0.25) is 5.91 Å². The van der Waals surface area contributed by atoms with Gasteiger partial charge < -0.3 is 18.9 Å². The Labute approximate surface area is 198 Å². The number of rotatable bonds is 5. The SMILES string of the molecule is CC(C)(C)COc1ccc2c(c1)N(C(=O)Cc1ccc(B3OC(C)(C)C(C)(C)O3)cc1)CC2. The smallest absolute Gasteiger partial charge is 0.493 e. The molecule has 0 radical (unpaired) electrons. The van der Waals surface area contributed by atoms with Crippen LogP contribution in [0, 0.1) is 5.41 Å². The van der Waals surface area contributed by atoms with Gasteiger partial charge in [-0.2, -0.15) is 0 Å². The maximum Gasteiger partial charge on any atom is 0.494 e. The summed E-state index contributed by atoms with van der Waals surface area (Å²) in [6.07, 6.45) is 1.23. The van der Waals surface area contributed by atoms with Crippen LogP contribution in [-0.2, 0) is 26.9 Å². The lowest BCUT2D eigenvalue weighted by Crippen LogP contribution is -2.41. The highest BCUT2D eigenvalue weighted by Gasteiger charge is 2.51. The molecule has 0 saturated carbocycles. The van der Waals surface area contributed by atoms with Crippen molar-refractivity contribution >= 4 is 24.2 Å². The fourth-order valence-electron chi connectivity index (χ4n) is 4.05. The summed E-state index contributed by atoms with van der Waals surface area (Å²) in [5.74, 6) is 0.917. The number of carbonyl (C=O) groups is 1. The molecule has 5 nitrogen and oxygen atoms in total. The predicted octanol–water partition coefficient (Wildman–Crippen LogP) is 4.54. The lowest BCUT2D eigenvalue weighted by atomic mass is 9.79. The van der Waals surface area contributed by atoms with Crippen molar-refractivity contribution in [2.75, 3.05) is 18.1 Å². The molecular formula is C27H36BNO4. The summed E-state index contributed by atoms with van der Waals surface area (Å²) in [5, 5.41) is 0. The molecule has 2 heterocycles. The molecule has 0 aliphatic carbocycles. The van der Waals surface area contributed by atoms with Crippen LogP contribution in [0.1, 0.15) is 59.6 Å². The summed E-state index contributed by atoms with van der Waals surface area (Å²) in [6.45, 7) is 16.0. The van der Waals surface area contributed by atoms with E-state index in [1.807, 2.05) is 69.0 Å². The van der Waals surface area contributed by atoms with Crippen molar-refractivity contribution in [3.8, 4) is 5.75 Å². The lowest BCUT2D eigenvalue weighted by Gasteiger charge is -2.32. The fourth-order valence-corrected chi connectivity index (χ4v) is 4.05. The monoisotopic (exact) mass is 449 g/mol. The van der Waals surface area contributed by atoms with E-state index in [0.717, 1.165) is 28.9 Å². The average Bonchev–Trinajstić information content (AvgIpc) is 3.23. The van der Waals surface area contributed by atoms with Gasteiger partial charge in [-0.05, 0) is 62.2 Å². The van der Waals surface area contributed by atoms with Crippen LogP contribution in [0.2, 0.25) is 0 Å². The lowest BCUT2D eigenvalue weighted by molar-refractivity contribution is -0.117. The summed E-state index contributed by atoms with van der Waals surface area (Å²) in [7, 11) is -0.392. The van der Waals surface area contributed by atoms with Crippen LogP contribution < -0.4 is 15.1 Å². The number of fused-ring (bicyclic) bond motifs is 1. The summed E-state index contributed by atoms with van der Waals surface area (Å²) < 4.78 is 18.2. The number of amides is 1. The topological polar surface area (TPSA) is 48.0 Å². The number of anilines is 1. The quantitative estimate of drug-likeness (QED) is 0.629. The normalized spacial score (nSPS) is 19.0. The number of carbonyl (C=O) groups excluding carboxylic acids is 1. The number of hydrogen-bond donors (Lipinski definition) is 0. The van der Waals surface area contributed by atoms with Gasteiger partial charge >= 0.3 is 7.12 Å². The number of nitrogens with zero attached hydrogens (tertiary/aromatic N) is 1. The van der Waals surface area contributed by atoms with Gasteiger partial charge in [-0.3, -0.25) is 4.79 Å². The van der Waals surface area contributed by atoms with Crippen LogP contribution in [0.25, 0.3) is 0 Å².